The van der Waals surface area contributed by atoms with Crippen LogP contribution in [0.15, 0.2) is 72.9 Å². The van der Waals surface area contributed by atoms with Crippen LogP contribution in [0.4, 0.5) is 0 Å². The van der Waals surface area contributed by atoms with E-state index in [0.717, 1.165) is 33.4 Å². The van der Waals surface area contributed by atoms with Gasteiger partial charge in [0.1, 0.15) is 0 Å². The summed E-state index contributed by atoms with van der Waals surface area (Å²) in [6, 6.07) is 20.8. The van der Waals surface area contributed by atoms with Crippen LogP contribution in [0.3, 0.4) is 0 Å². The fourth-order valence-electron chi connectivity index (χ4n) is 3.25. The lowest BCUT2D eigenvalue weighted by Crippen LogP contribution is -2.24. The summed E-state index contributed by atoms with van der Waals surface area (Å²) in [6.45, 7) is 2.30. The van der Waals surface area contributed by atoms with E-state index in [2.05, 4.69) is 10.3 Å². The third kappa shape index (κ3) is 3.59. The molecule has 0 saturated heterocycles. The Bertz CT molecular complexity index is 1140. The number of amides is 1. The van der Waals surface area contributed by atoms with Crippen molar-refractivity contribution < 1.29 is 4.79 Å². The fraction of sp³-hybridized carbons (Fsp3) is 0.0870. The van der Waals surface area contributed by atoms with E-state index in [9.17, 15) is 4.79 Å². The van der Waals surface area contributed by atoms with Gasteiger partial charge in [-0.3, -0.25) is 9.78 Å². The van der Waals surface area contributed by atoms with Gasteiger partial charge >= 0.3 is 0 Å². The first-order chi connectivity index (χ1) is 13.6. The third-order valence-corrected chi connectivity index (χ3v) is 4.89. The van der Waals surface area contributed by atoms with Crippen molar-refractivity contribution in [3.05, 3.63) is 94.8 Å². The van der Waals surface area contributed by atoms with Crippen LogP contribution in [0, 0.1) is 6.92 Å². The van der Waals surface area contributed by atoms with Crippen LogP contribution in [0.5, 0.6) is 0 Å². The quantitative estimate of drug-likeness (QED) is 0.524. The first-order valence-electron chi connectivity index (χ1n) is 8.97. The first kappa shape index (κ1) is 18.1. The molecule has 4 aromatic rings. The summed E-state index contributed by atoms with van der Waals surface area (Å²) < 4.78 is 0. The second kappa shape index (κ2) is 7.79. The molecule has 4 nitrogen and oxygen atoms in total. The number of carbonyl (C=O) groups excluding carboxylic acids is 1. The molecule has 0 aliphatic heterocycles. The average Bonchev–Trinajstić information content (AvgIpc) is 2.73. The molecule has 4 rings (SSSR count). The monoisotopic (exact) mass is 387 g/mol. The number of rotatable bonds is 4. The van der Waals surface area contributed by atoms with Crippen molar-refractivity contribution in [3.63, 3.8) is 0 Å². The highest BCUT2D eigenvalue weighted by atomic mass is 35.5. The Morgan fingerprint density at radius 3 is 2.50 bits per heavy atom. The van der Waals surface area contributed by atoms with Crippen LogP contribution >= 0.6 is 11.6 Å². The van der Waals surface area contributed by atoms with Crippen LogP contribution in [0.25, 0.3) is 22.2 Å². The Morgan fingerprint density at radius 1 is 1.00 bits per heavy atom. The minimum Gasteiger partial charge on any atom is -0.346 e. The normalized spacial score (nSPS) is 10.8. The lowest BCUT2D eigenvalue weighted by molar-refractivity contribution is 0.0951. The lowest BCUT2D eigenvalue weighted by atomic mass is 9.97. The van der Waals surface area contributed by atoms with Gasteiger partial charge in [0.2, 0.25) is 0 Å². The van der Waals surface area contributed by atoms with Crippen molar-refractivity contribution in [1.29, 1.82) is 0 Å². The highest BCUT2D eigenvalue weighted by molar-refractivity contribution is 6.30. The lowest BCUT2D eigenvalue weighted by Gasteiger charge is -2.15. The van der Waals surface area contributed by atoms with Crippen LogP contribution < -0.4 is 5.32 Å². The molecule has 5 heteroatoms. The number of carbonyl (C=O) groups is 1. The van der Waals surface area contributed by atoms with Gasteiger partial charge in [0.15, 0.2) is 0 Å². The van der Waals surface area contributed by atoms with Gasteiger partial charge in [-0.2, -0.15) is 0 Å². The molecule has 2 aromatic heterocycles. The summed E-state index contributed by atoms with van der Waals surface area (Å²) >= 11 is 6.02. The summed E-state index contributed by atoms with van der Waals surface area (Å²) in [5.41, 5.74) is 4.75. The summed E-state index contributed by atoms with van der Waals surface area (Å²) in [4.78, 5) is 22.2. The summed E-state index contributed by atoms with van der Waals surface area (Å²) in [5.74, 6) is -0.142. The molecule has 0 saturated carbocycles. The van der Waals surface area contributed by atoms with Gasteiger partial charge in [0.25, 0.3) is 5.91 Å². The molecule has 0 radical (unpaired) electrons. The Kier molecular flexibility index (Phi) is 5.04. The molecule has 0 fully saturated rings. The average molecular weight is 388 g/mol. The van der Waals surface area contributed by atoms with Crippen LogP contribution in [-0.2, 0) is 6.54 Å². The van der Waals surface area contributed by atoms with Gasteiger partial charge in [-0.1, -0.05) is 48.0 Å². The second-order valence-electron chi connectivity index (χ2n) is 6.49. The molecular weight excluding hydrogens is 370 g/mol. The highest BCUT2D eigenvalue weighted by Crippen LogP contribution is 2.30. The van der Waals surface area contributed by atoms with E-state index in [4.69, 9.17) is 16.6 Å². The second-order valence-corrected chi connectivity index (χ2v) is 6.92. The zero-order valence-electron chi connectivity index (χ0n) is 15.3. The SMILES string of the molecule is Cc1c(-c2ccc(Cl)cc2)nc2ccccc2c1C(=O)NCc1ccccn1. The van der Waals surface area contributed by atoms with E-state index < -0.39 is 0 Å². The number of pyridine rings is 2. The standard InChI is InChI=1S/C23H18ClN3O/c1-15-21(23(28)26-14-18-6-4-5-13-25-18)19-7-2-3-8-20(19)27-22(15)16-9-11-17(24)12-10-16/h2-13H,14H2,1H3,(H,26,28). The molecule has 0 atom stereocenters. The molecule has 0 aliphatic rings. The molecular formula is C23H18ClN3O. The Hall–Kier alpha value is -3.24. The Labute approximate surface area is 168 Å². The molecule has 1 N–H and O–H groups in total. The molecule has 28 heavy (non-hydrogen) atoms. The molecule has 1 amide bonds. The zero-order valence-corrected chi connectivity index (χ0v) is 16.1. The van der Waals surface area contributed by atoms with Crippen molar-refractivity contribution in [2.24, 2.45) is 0 Å². The number of nitrogens with one attached hydrogen (secondary N) is 1. The molecule has 0 spiro atoms. The van der Waals surface area contributed by atoms with Gasteiger partial charge in [0.05, 0.1) is 29.0 Å². The van der Waals surface area contributed by atoms with E-state index in [1.54, 1.807) is 6.20 Å². The zero-order chi connectivity index (χ0) is 19.5. The maximum Gasteiger partial charge on any atom is 0.252 e. The van der Waals surface area contributed by atoms with Crippen LogP contribution in [0.1, 0.15) is 21.6 Å². The van der Waals surface area contributed by atoms with Gasteiger partial charge in [-0.25, -0.2) is 4.98 Å². The molecule has 0 bridgehead atoms. The number of benzene rings is 2. The molecule has 0 aliphatic carbocycles. The smallest absolute Gasteiger partial charge is 0.252 e. The van der Waals surface area contributed by atoms with Gasteiger partial charge < -0.3 is 5.32 Å². The van der Waals surface area contributed by atoms with E-state index in [-0.39, 0.29) is 5.91 Å². The van der Waals surface area contributed by atoms with E-state index >= 15 is 0 Å². The maximum absolute atomic E-state index is 13.1. The van der Waals surface area contributed by atoms with E-state index in [1.165, 1.54) is 0 Å². The molecule has 0 unspecified atom stereocenters. The number of nitrogens with zero attached hydrogens (tertiary/aromatic N) is 2. The van der Waals surface area contributed by atoms with Crippen molar-refractivity contribution in [2.75, 3.05) is 0 Å². The summed E-state index contributed by atoms with van der Waals surface area (Å²) in [6.07, 6.45) is 1.72. The van der Waals surface area contributed by atoms with Gasteiger partial charge in [0, 0.05) is 22.2 Å². The largest absolute Gasteiger partial charge is 0.346 e. The number of fused-ring (bicyclic) bond motifs is 1. The van der Waals surface area contributed by atoms with Crippen LogP contribution in [-0.4, -0.2) is 15.9 Å². The Balaban J connectivity index is 1.78. The Morgan fingerprint density at radius 2 is 1.75 bits per heavy atom. The van der Waals surface area contributed by atoms with Gasteiger partial charge in [-0.05, 0) is 42.8 Å². The predicted molar refractivity (Wildman–Crippen MR) is 112 cm³/mol. The number of hydrogen-bond acceptors (Lipinski definition) is 3. The predicted octanol–water partition coefficient (Wildman–Crippen LogP) is 5.19. The summed E-state index contributed by atoms with van der Waals surface area (Å²) in [5, 5.41) is 4.48. The van der Waals surface area contributed by atoms with E-state index in [0.29, 0.717) is 17.1 Å². The molecule has 2 aromatic carbocycles. The fourth-order valence-corrected chi connectivity index (χ4v) is 3.38. The van der Waals surface area contributed by atoms with Crippen LogP contribution in [0.2, 0.25) is 5.02 Å². The first-order valence-corrected chi connectivity index (χ1v) is 9.34. The van der Waals surface area contributed by atoms with Crippen molar-refractivity contribution >= 4 is 28.4 Å². The van der Waals surface area contributed by atoms with Crippen molar-refractivity contribution in [2.45, 2.75) is 13.5 Å². The maximum atomic E-state index is 13.1. The topological polar surface area (TPSA) is 54.9 Å². The minimum absolute atomic E-state index is 0.142. The van der Waals surface area contributed by atoms with Crippen molar-refractivity contribution in [1.82, 2.24) is 15.3 Å². The number of hydrogen-bond donors (Lipinski definition) is 1. The van der Waals surface area contributed by atoms with Crippen molar-refractivity contribution in [3.8, 4) is 11.3 Å². The number of para-hydroxylation sites is 1. The number of halogens is 1. The molecule has 2 heterocycles. The van der Waals surface area contributed by atoms with E-state index in [1.807, 2.05) is 73.7 Å². The molecule has 138 valence electrons. The van der Waals surface area contributed by atoms with Gasteiger partial charge in [-0.15, -0.1) is 0 Å². The minimum atomic E-state index is -0.142. The third-order valence-electron chi connectivity index (χ3n) is 4.64. The number of aromatic nitrogens is 2. The summed E-state index contributed by atoms with van der Waals surface area (Å²) in [7, 11) is 0. The highest BCUT2D eigenvalue weighted by Gasteiger charge is 2.18.